The number of nitrogens with zero attached hydrogens (tertiary/aromatic N) is 11. The molecule has 17 heteroatoms. The zero-order valence-electron chi connectivity index (χ0n) is 40.3. The molecule has 8 aromatic rings. The number of carboxylic acid groups (broad SMARTS) is 1. The zero-order chi connectivity index (χ0) is 49.5. The van der Waals surface area contributed by atoms with E-state index in [0.29, 0.717) is 25.7 Å². The maximum atomic E-state index is 12.6. The van der Waals surface area contributed by atoms with E-state index < -0.39 is 5.97 Å². The van der Waals surface area contributed by atoms with Crippen LogP contribution >= 0.6 is 0 Å². The second kappa shape index (κ2) is 23.9. The summed E-state index contributed by atoms with van der Waals surface area (Å²) in [5, 5.41) is 23.2. The van der Waals surface area contributed by atoms with Crippen molar-refractivity contribution in [2.24, 2.45) is 0 Å². The highest BCUT2D eigenvalue weighted by Crippen LogP contribution is 2.34. The van der Waals surface area contributed by atoms with Crippen LogP contribution in [0, 0.1) is 0 Å². The lowest BCUT2D eigenvalue weighted by Gasteiger charge is -2.15. The summed E-state index contributed by atoms with van der Waals surface area (Å²) in [6.07, 6.45) is 15.0. The van der Waals surface area contributed by atoms with Gasteiger partial charge in [-0.25, -0.2) is 34.1 Å². The predicted octanol–water partition coefficient (Wildman–Crippen LogP) is 8.19. The lowest BCUT2D eigenvalue weighted by molar-refractivity contribution is -0.131. The van der Waals surface area contributed by atoms with Gasteiger partial charge in [0.1, 0.15) is 47.0 Å². The van der Waals surface area contributed by atoms with Gasteiger partial charge in [0.2, 0.25) is 5.91 Å². The van der Waals surface area contributed by atoms with Crippen LogP contribution in [0.1, 0.15) is 24.9 Å². The summed E-state index contributed by atoms with van der Waals surface area (Å²) in [6, 6.07) is 35.7. The van der Waals surface area contributed by atoms with Crippen LogP contribution < -0.4 is 14.8 Å². The Morgan fingerprint density at radius 3 is 1.59 bits per heavy atom. The summed E-state index contributed by atoms with van der Waals surface area (Å²) >= 11 is 0. The van der Waals surface area contributed by atoms with Gasteiger partial charge in [-0.05, 0) is 120 Å². The zero-order valence-corrected chi connectivity index (χ0v) is 40.3. The van der Waals surface area contributed by atoms with Gasteiger partial charge in [-0.1, -0.05) is 48.6 Å². The Morgan fingerprint density at radius 1 is 0.648 bits per heavy atom. The highest BCUT2D eigenvalue weighted by molar-refractivity contribution is 5.92. The number of nitrogens with one attached hydrogen (secondary N) is 1. The van der Waals surface area contributed by atoms with Crippen molar-refractivity contribution in [1.29, 1.82) is 0 Å². The highest BCUT2D eigenvalue weighted by atomic mass is 16.5. The van der Waals surface area contributed by atoms with Gasteiger partial charge in [0.25, 0.3) is 0 Å². The van der Waals surface area contributed by atoms with E-state index in [1.165, 1.54) is 0 Å². The van der Waals surface area contributed by atoms with Crippen molar-refractivity contribution in [3.63, 3.8) is 0 Å². The summed E-state index contributed by atoms with van der Waals surface area (Å²) in [4.78, 5) is 45.7. The topological polar surface area (TPSA) is 182 Å². The fourth-order valence-corrected chi connectivity index (χ4v) is 8.13. The first kappa shape index (κ1) is 49.3. The number of para-hydroxylation sites is 2. The average molecular weight is 955 g/mol. The molecule has 0 saturated carbocycles. The molecule has 71 heavy (non-hydrogen) atoms. The third kappa shape index (κ3) is 13.2. The smallest absolute Gasteiger partial charge is 0.328 e. The number of rotatable bonds is 14. The number of hydrogen-bond donors (Lipinski definition) is 2. The molecule has 10 rings (SSSR count). The van der Waals surface area contributed by atoms with Gasteiger partial charge >= 0.3 is 5.97 Å². The fourth-order valence-electron chi connectivity index (χ4n) is 8.13. The van der Waals surface area contributed by atoms with E-state index in [4.69, 9.17) is 24.8 Å². The van der Waals surface area contributed by atoms with Gasteiger partial charge in [-0.3, -0.25) is 4.79 Å². The maximum absolute atomic E-state index is 12.6. The normalized spacial score (nSPS) is 15.6. The molecule has 364 valence electrons. The number of carboxylic acids is 1. The molecular formula is C54H58N12O5. The molecule has 1 amide bonds. The van der Waals surface area contributed by atoms with Crippen LogP contribution in [0.25, 0.3) is 44.6 Å². The minimum atomic E-state index is -0.892. The number of benzene rings is 4. The number of amides is 1. The van der Waals surface area contributed by atoms with Crippen molar-refractivity contribution in [3.05, 3.63) is 159 Å². The number of likely N-dealkylation sites (N-methyl/N-ethyl adjacent to an activating group) is 2. The van der Waals surface area contributed by atoms with Gasteiger partial charge < -0.3 is 34.6 Å². The number of hydrogen-bond acceptors (Lipinski definition) is 13. The van der Waals surface area contributed by atoms with E-state index in [2.05, 4.69) is 25.3 Å². The lowest BCUT2D eigenvalue weighted by atomic mass is 10.1. The van der Waals surface area contributed by atoms with Gasteiger partial charge in [-0.2, -0.15) is 10.2 Å². The third-order valence-electron chi connectivity index (χ3n) is 11.6. The first-order valence-corrected chi connectivity index (χ1v) is 23.5. The SMILES string of the molecule is CN(C)C/C=C/C(=O)N1CC[C@@H](n2nc(-c3ccc(Oc4ccccc4)cc3)c3cncnc32)C1.CN(C)C/C=C/C(=O)O.c1ccc(Oc2ccc(-c3nn([C@@H]4CCNC4)c4ncncc34)cc2)cc1. The molecule has 2 aliphatic rings. The number of ether oxygens (including phenoxy) is 2. The van der Waals surface area contributed by atoms with E-state index in [1.807, 2.05) is 174 Å². The van der Waals surface area contributed by atoms with Crippen molar-refractivity contribution in [2.45, 2.75) is 24.9 Å². The molecule has 0 aliphatic carbocycles. The Balaban J connectivity index is 0.000000166. The number of fused-ring (bicyclic) bond motifs is 2. The van der Waals surface area contributed by atoms with Gasteiger partial charge in [-0.15, -0.1) is 0 Å². The molecule has 6 heterocycles. The molecule has 2 aliphatic heterocycles. The predicted molar refractivity (Wildman–Crippen MR) is 274 cm³/mol. The number of carbonyl (C=O) groups excluding carboxylic acids is 1. The standard InChI is InChI=1S/C27H28N6O2.C21H19N5O.C6H11NO2/c1-31(2)15-6-9-25(34)32-16-14-21(18-32)33-27-24(17-28-19-29-27)26(30-33)20-10-12-23(13-11-20)35-22-7-4-3-5-8-22;1-2-4-17(5-3-1)27-18-8-6-15(7-9-18)20-19-13-23-14-24-21(19)26(25-20)16-10-11-22-12-16;1-7(2)5-3-4-6(8)9/h3-13,17,19,21H,14-16,18H2,1-2H3;1-9,13-14,16,22H,10-12H2;3-4H,5H2,1-2H3,(H,8,9)/b9-6+;;4-3+/t21-;16-;/m11./s1. The second-order valence-corrected chi connectivity index (χ2v) is 17.5. The summed E-state index contributed by atoms with van der Waals surface area (Å²) < 4.78 is 15.8. The van der Waals surface area contributed by atoms with Crippen LogP contribution in [0.2, 0.25) is 0 Å². The summed E-state index contributed by atoms with van der Waals surface area (Å²) in [7, 11) is 7.72. The quantitative estimate of drug-likeness (QED) is 0.0996. The van der Waals surface area contributed by atoms with Crippen LogP contribution in [-0.4, -0.2) is 139 Å². The molecule has 2 saturated heterocycles. The number of carbonyl (C=O) groups is 2. The average Bonchev–Trinajstić information content (AvgIpc) is 4.22. The molecule has 17 nitrogen and oxygen atoms in total. The van der Waals surface area contributed by atoms with E-state index in [0.717, 1.165) is 106 Å². The Morgan fingerprint density at radius 2 is 1.13 bits per heavy atom. The van der Waals surface area contributed by atoms with Gasteiger partial charge in [0.15, 0.2) is 11.3 Å². The molecule has 2 atom stereocenters. The van der Waals surface area contributed by atoms with Gasteiger partial charge in [0, 0.05) is 68.4 Å². The van der Waals surface area contributed by atoms with Crippen molar-refractivity contribution in [3.8, 4) is 45.5 Å². The fraction of sp³-hybridized carbons (Fsp3) is 0.259. The second-order valence-electron chi connectivity index (χ2n) is 17.5. The minimum Gasteiger partial charge on any atom is -0.478 e. The van der Waals surface area contributed by atoms with E-state index in [1.54, 1.807) is 31.0 Å². The van der Waals surface area contributed by atoms with Crippen molar-refractivity contribution < 1.29 is 24.2 Å². The summed E-state index contributed by atoms with van der Waals surface area (Å²) in [5.41, 5.74) is 5.38. The Bertz CT molecular complexity index is 3040. The molecule has 2 N–H and O–H groups in total. The first-order chi connectivity index (χ1) is 34.6. The monoisotopic (exact) mass is 954 g/mol. The first-order valence-electron chi connectivity index (χ1n) is 23.5. The Hall–Kier alpha value is -8.12. The molecule has 0 unspecified atom stereocenters. The summed E-state index contributed by atoms with van der Waals surface area (Å²) in [6.45, 7) is 4.65. The van der Waals surface area contributed by atoms with Crippen LogP contribution in [0.15, 0.2) is 159 Å². The van der Waals surface area contributed by atoms with Crippen LogP contribution in [0.3, 0.4) is 0 Å². The molecule has 4 aromatic carbocycles. The minimum absolute atomic E-state index is 0.0367. The van der Waals surface area contributed by atoms with Gasteiger partial charge in [0.05, 0.1) is 22.9 Å². The van der Waals surface area contributed by atoms with Crippen molar-refractivity contribution >= 4 is 33.9 Å². The molecule has 2 fully saturated rings. The largest absolute Gasteiger partial charge is 0.478 e. The molecule has 0 bridgehead atoms. The Kier molecular flexibility index (Phi) is 16.6. The maximum Gasteiger partial charge on any atom is 0.328 e. The van der Waals surface area contributed by atoms with Crippen LogP contribution in [-0.2, 0) is 9.59 Å². The molecule has 0 radical (unpaired) electrons. The van der Waals surface area contributed by atoms with Crippen molar-refractivity contribution in [2.75, 3.05) is 67.5 Å². The Labute approximate surface area is 412 Å². The molecule has 4 aromatic heterocycles. The number of likely N-dealkylation sites (tertiary alicyclic amines) is 1. The van der Waals surface area contributed by atoms with E-state index >= 15 is 0 Å². The van der Waals surface area contributed by atoms with E-state index in [9.17, 15) is 9.59 Å². The van der Waals surface area contributed by atoms with E-state index in [-0.39, 0.29) is 11.9 Å². The highest BCUT2D eigenvalue weighted by Gasteiger charge is 2.30. The van der Waals surface area contributed by atoms with Crippen LogP contribution in [0.4, 0.5) is 0 Å². The summed E-state index contributed by atoms with van der Waals surface area (Å²) in [5.74, 6) is 2.31. The number of aromatic nitrogens is 8. The third-order valence-corrected chi connectivity index (χ3v) is 11.6. The lowest BCUT2D eigenvalue weighted by Crippen LogP contribution is -2.28. The van der Waals surface area contributed by atoms with Crippen LogP contribution in [0.5, 0.6) is 23.0 Å². The molecular weight excluding hydrogens is 897 g/mol. The molecule has 0 spiro atoms. The van der Waals surface area contributed by atoms with Crippen molar-refractivity contribution in [1.82, 2.24) is 59.5 Å². The number of aliphatic carboxylic acids is 1.